The van der Waals surface area contributed by atoms with E-state index in [9.17, 15) is 4.79 Å². The van der Waals surface area contributed by atoms with Gasteiger partial charge >= 0.3 is 13.2 Å². The Balaban J connectivity index is 2.00. The monoisotopic (exact) mass is 343 g/mol. The van der Waals surface area contributed by atoms with Gasteiger partial charge in [-0.15, -0.1) is 0 Å². The zero-order valence-corrected chi connectivity index (χ0v) is 15.4. The van der Waals surface area contributed by atoms with Crippen molar-refractivity contribution in [2.24, 2.45) is 0 Å². The first-order valence-corrected chi connectivity index (χ1v) is 8.27. The van der Waals surface area contributed by atoms with Crippen LogP contribution in [0.5, 0.6) is 0 Å². The molecule has 1 aliphatic rings. The fraction of sp³-hybridized carbons (Fsp3) is 0.812. The molecule has 1 rings (SSSR count). The van der Waals surface area contributed by atoms with Gasteiger partial charge in [0.2, 0.25) is 0 Å². The van der Waals surface area contributed by atoms with Crippen LogP contribution in [0.1, 0.15) is 34.1 Å². The van der Waals surface area contributed by atoms with Crippen LogP contribution >= 0.6 is 0 Å². The Kier molecular flexibility index (Phi) is 8.22. The summed E-state index contributed by atoms with van der Waals surface area (Å²) >= 11 is 0. The van der Waals surface area contributed by atoms with E-state index in [-0.39, 0.29) is 18.3 Å². The second-order valence-electron chi connectivity index (χ2n) is 6.80. The molecule has 138 valence electrons. The highest BCUT2D eigenvalue weighted by molar-refractivity contribution is 6.51. The van der Waals surface area contributed by atoms with E-state index in [0.29, 0.717) is 39.4 Å². The van der Waals surface area contributed by atoms with Crippen molar-refractivity contribution in [3.63, 3.8) is 0 Å². The summed E-state index contributed by atoms with van der Waals surface area (Å²) in [5.74, 6) is 1.86. The summed E-state index contributed by atoms with van der Waals surface area (Å²) in [6.45, 7) is 10.5. The van der Waals surface area contributed by atoms with Gasteiger partial charge in [0.05, 0.1) is 31.0 Å². The fourth-order valence-corrected chi connectivity index (χ4v) is 2.00. The molecule has 1 N–H and O–H groups in total. The van der Waals surface area contributed by atoms with Crippen molar-refractivity contribution in [1.29, 1.82) is 0 Å². The molecule has 0 saturated carbocycles. The van der Waals surface area contributed by atoms with Crippen LogP contribution in [0.2, 0.25) is 0 Å². The number of hydrogen-bond acceptors (Lipinski definition) is 5. The van der Waals surface area contributed by atoms with Crippen LogP contribution in [-0.2, 0) is 18.8 Å². The lowest BCUT2D eigenvalue weighted by atomic mass is 9.90. The van der Waals surface area contributed by atoms with Gasteiger partial charge in [-0.2, -0.15) is 0 Å². The molecule has 0 aliphatic carbocycles. The molecule has 0 aromatic heterocycles. The normalized spacial score (nSPS) is 19.1. The molecule has 1 heterocycles. The number of nitrogens with zero attached hydrogens (tertiary/aromatic N) is 1. The summed E-state index contributed by atoms with van der Waals surface area (Å²) in [6.07, 6.45) is 1.63. The Morgan fingerprint density at radius 1 is 1.12 bits per heavy atom. The van der Waals surface area contributed by atoms with Gasteiger partial charge < -0.3 is 28.8 Å². The van der Waals surface area contributed by atoms with Crippen molar-refractivity contribution in [3.8, 4) is 0 Å². The molecular formula is C16H30BNO6. The lowest BCUT2D eigenvalue weighted by Gasteiger charge is -2.32. The van der Waals surface area contributed by atoms with E-state index in [2.05, 4.69) is 0 Å². The Hall–Kier alpha value is -1.09. The predicted octanol–water partition coefficient (Wildman–Crippen LogP) is 2.21. The van der Waals surface area contributed by atoms with Crippen molar-refractivity contribution >= 4 is 13.2 Å². The number of hydrogen-bond donors (Lipinski definition) is 1. The van der Waals surface area contributed by atoms with Crippen LogP contribution in [0.3, 0.4) is 0 Å². The van der Waals surface area contributed by atoms with Gasteiger partial charge in [0.25, 0.3) is 0 Å². The highest BCUT2D eigenvalue weighted by atomic mass is 16.7. The molecule has 1 fully saturated rings. The van der Waals surface area contributed by atoms with E-state index < -0.39 is 6.09 Å². The molecule has 7 nitrogen and oxygen atoms in total. The molecule has 1 saturated heterocycles. The Morgan fingerprint density at radius 3 is 2.29 bits per heavy atom. The minimum absolute atomic E-state index is 0.328. The molecular weight excluding hydrogens is 313 g/mol. The standard InChI is InChI=1S/C16H30BNO6/c1-15(2)16(3,4)24-17(23-15)8-6-10-21-12-13-22-11-7-9-18(5)14(19)20/h6,8H,7,9-13H2,1-5H3,(H,19,20). The van der Waals surface area contributed by atoms with Gasteiger partial charge in [-0.25, -0.2) is 4.79 Å². The number of ether oxygens (including phenoxy) is 2. The van der Waals surface area contributed by atoms with Crippen molar-refractivity contribution in [2.75, 3.05) is 40.0 Å². The van der Waals surface area contributed by atoms with Crippen LogP contribution in [0.25, 0.3) is 0 Å². The smallest absolute Gasteiger partial charge is 0.465 e. The van der Waals surface area contributed by atoms with Gasteiger partial charge in [-0.05, 0) is 34.1 Å². The average Bonchev–Trinajstić information content (AvgIpc) is 2.68. The molecule has 0 atom stereocenters. The first-order chi connectivity index (χ1) is 11.2. The predicted molar refractivity (Wildman–Crippen MR) is 92.1 cm³/mol. The zero-order valence-electron chi connectivity index (χ0n) is 15.4. The number of carboxylic acid groups (broad SMARTS) is 1. The first kappa shape index (κ1) is 21.0. The summed E-state index contributed by atoms with van der Waals surface area (Å²) in [4.78, 5) is 11.8. The summed E-state index contributed by atoms with van der Waals surface area (Å²) < 4.78 is 22.5. The summed E-state index contributed by atoms with van der Waals surface area (Å²) in [5.41, 5.74) is -0.656. The van der Waals surface area contributed by atoms with Gasteiger partial charge in [0, 0.05) is 20.2 Å². The molecule has 0 bridgehead atoms. The van der Waals surface area contributed by atoms with Gasteiger partial charge in [0.1, 0.15) is 0 Å². The molecule has 0 unspecified atom stereocenters. The second-order valence-corrected chi connectivity index (χ2v) is 6.80. The molecule has 0 radical (unpaired) electrons. The van der Waals surface area contributed by atoms with Crippen molar-refractivity contribution in [1.82, 2.24) is 4.90 Å². The SMILES string of the molecule is CN(CCCOCCOCC=CB1OC(C)(C)C(C)(C)O1)C(=O)O. The summed E-state index contributed by atoms with van der Waals surface area (Å²) in [7, 11) is 1.19. The molecule has 8 heteroatoms. The van der Waals surface area contributed by atoms with Crippen molar-refractivity contribution in [2.45, 2.75) is 45.3 Å². The first-order valence-electron chi connectivity index (χ1n) is 8.27. The largest absolute Gasteiger partial charge is 0.486 e. The average molecular weight is 343 g/mol. The number of amides is 1. The molecule has 0 spiro atoms. The van der Waals surface area contributed by atoms with Crippen LogP contribution in [0.15, 0.2) is 12.1 Å². The third kappa shape index (κ3) is 6.80. The van der Waals surface area contributed by atoms with Gasteiger partial charge in [-0.1, -0.05) is 12.1 Å². The molecule has 24 heavy (non-hydrogen) atoms. The van der Waals surface area contributed by atoms with Gasteiger partial charge in [0.15, 0.2) is 0 Å². The van der Waals surface area contributed by atoms with Crippen molar-refractivity contribution in [3.05, 3.63) is 12.1 Å². The third-order valence-corrected chi connectivity index (χ3v) is 4.26. The minimum atomic E-state index is -0.924. The lowest BCUT2D eigenvalue weighted by molar-refractivity contribution is 0.00578. The highest BCUT2D eigenvalue weighted by Gasteiger charge is 2.49. The Morgan fingerprint density at radius 2 is 1.71 bits per heavy atom. The number of rotatable bonds is 10. The molecule has 1 aliphatic heterocycles. The van der Waals surface area contributed by atoms with E-state index >= 15 is 0 Å². The van der Waals surface area contributed by atoms with E-state index in [1.54, 1.807) is 0 Å². The molecule has 1 amide bonds. The molecule has 0 aromatic rings. The lowest BCUT2D eigenvalue weighted by Crippen LogP contribution is -2.41. The maximum absolute atomic E-state index is 10.6. The van der Waals surface area contributed by atoms with Crippen molar-refractivity contribution < 1.29 is 28.7 Å². The Labute approximate surface area is 145 Å². The quantitative estimate of drug-likeness (QED) is 0.484. The topological polar surface area (TPSA) is 77.5 Å². The summed E-state index contributed by atoms with van der Waals surface area (Å²) in [5, 5.41) is 8.68. The maximum Gasteiger partial charge on any atom is 0.486 e. The van der Waals surface area contributed by atoms with Crippen LogP contribution in [0, 0.1) is 0 Å². The second kappa shape index (κ2) is 9.41. The van der Waals surface area contributed by atoms with E-state index in [4.69, 9.17) is 23.9 Å². The minimum Gasteiger partial charge on any atom is -0.465 e. The molecule has 0 aromatic carbocycles. The van der Waals surface area contributed by atoms with E-state index in [1.165, 1.54) is 11.9 Å². The van der Waals surface area contributed by atoms with E-state index in [0.717, 1.165) is 0 Å². The fourth-order valence-electron chi connectivity index (χ4n) is 2.00. The van der Waals surface area contributed by atoms with Crippen LogP contribution in [-0.4, -0.2) is 74.4 Å². The highest BCUT2D eigenvalue weighted by Crippen LogP contribution is 2.36. The van der Waals surface area contributed by atoms with E-state index in [1.807, 2.05) is 39.7 Å². The number of carbonyl (C=O) groups is 1. The summed E-state index contributed by atoms with van der Waals surface area (Å²) in [6, 6.07) is 0. The Bertz CT molecular complexity index is 411. The maximum atomic E-state index is 10.6. The van der Waals surface area contributed by atoms with Gasteiger partial charge in [-0.3, -0.25) is 0 Å². The van der Waals surface area contributed by atoms with Crippen LogP contribution in [0.4, 0.5) is 4.79 Å². The third-order valence-electron chi connectivity index (χ3n) is 4.26. The van der Waals surface area contributed by atoms with Crippen LogP contribution < -0.4 is 0 Å². The zero-order chi connectivity index (χ0) is 18.2.